The Morgan fingerprint density at radius 3 is 2.63 bits per heavy atom. The predicted octanol–water partition coefficient (Wildman–Crippen LogP) is 5.05. The summed E-state index contributed by atoms with van der Waals surface area (Å²) >= 11 is 17.3. The number of hydrogen-bond acceptors (Lipinski definition) is 4. The van der Waals surface area contributed by atoms with Crippen molar-refractivity contribution in [3.05, 3.63) is 63.7 Å². The zero-order valence-corrected chi connectivity index (χ0v) is 15.7. The van der Waals surface area contributed by atoms with Crippen LogP contribution in [0.1, 0.15) is 0 Å². The van der Waals surface area contributed by atoms with Crippen LogP contribution in [0.4, 0.5) is 11.4 Å². The zero-order chi connectivity index (χ0) is 19.6. The molecule has 0 radical (unpaired) electrons. The Bertz CT molecular complexity index is 1020. The van der Waals surface area contributed by atoms with Crippen molar-refractivity contribution in [3.8, 4) is 22.5 Å². The molecule has 1 aromatic heterocycles. The number of aromatic amines is 1. The summed E-state index contributed by atoms with van der Waals surface area (Å²) in [4.78, 5) is 21.4. The van der Waals surface area contributed by atoms with E-state index in [0.29, 0.717) is 22.6 Å². The lowest BCUT2D eigenvalue weighted by Crippen LogP contribution is -2.18. The van der Waals surface area contributed by atoms with E-state index in [1.54, 1.807) is 36.4 Å². The van der Waals surface area contributed by atoms with Crippen molar-refractivity contribution in [1.29, 1.82) is 0 Å². The minimum atomic E-state index is -1.22. The van der Waals surface area contributed by atoms with Crippen LogP contribution in [0, 0.1) is 10.1 Å². The summed E-state index contributed by atoms with van der Waals surface area (Å²) in [5.74, 6) is -0.580. The molecule has 27 heavy (non-hydrogen) atoms. The molecule has 10 heteroatoms. The van der Waals surface area contributed by atoms with Gasteiger partial charge in [0.1, 0.15) is 0 Å². The molecule has 0 spiro atoms. The van der Waals surface area contributed by atoms with Crippen LogP contribution in [0.15, 0.2) is 48.5 Å². The van der Waals surface area contributed by atoms with Crippen LogP contribution in [-0.2, 0) is 4.79 Å². The number of rotatable bonds is 5. The fourth-order valence-corrected chi connectivity index (χ4v) is 2.90. The second-order valence-electron chi connectivity index (χ2n) is 5.39. The molecule has 7 nitrogen and oxygen atoms in total. The lowest BCUT2D eigenvalue weighted by Gasteiger charge is -2.09. The first kappa shape index (κ1) is 19.2. The van der Waals surface area contributed by atoms with Crippen LogP contribution < -0.4 is 5.32 Å². The smallest absolute Gasteiger partial charge is 0.280 e. The van der Waals surface area contributed by atoms with Gasteiger partial charge in [0, 0.05) is 11.6 Å². The molecule has 0 fully saturated rings. The van der Waals surface area contributed by atoms with Crippen molar-refractivity contribution in [1.82, 2.24) is 10.2 Å². The average molecular weight is 426 g/mol. The minimum Gasteiger partial charge on any atom is -0.323 e. The molecule has 0 atom stereocenters. The third-order valence-corrected chi connectivity index (χ3v) is 4.41. The molecule has 138 valence electrons. The van der Waals surface area contributed by atoms with Crippen molar-refractivity contribution in [2.75, 3.05) is 5.32 Å². The Balaban J connectivity index is 2.04. The quantitative estimate of drug-likeness (QED) is 0.339. The number of amides is 1. The van der Waals surface area contributed by atoms with Crippen molar-refractivity contribution in [3.63, 3.8) is 0 Å². The monoisotopic (exact) mass is 424 g/mol. The molecule has 3 aromatic rings. The van der Waals surface area contributed by atoms with Crippen LogP contribution in [-0.4, -0.2) is 25.9 Å². The number of aromatic nitrogens is 2. The zero-order valence-electron chi connectivity index (χ0n) is 13.4. The summed E-state index contributed by atoms with van der Waals surface area (Å²) < 4.78 is 0. The number of carbonyl (C=O) groups excluding carboxylic acids is 1. The van der Waals surface area contributed by atoms with Gasteiger partial charge in [-0.1, -0.05) is 59.1 Å². The Kier molecular flexibility index (Phi) is 5.65. The van der Waals surface area contributed by atoms with Crippen LogP contribution >= 0.6 is 34.8 Å². The van der Waals surface area contributed by atoms with E-state index < -0.39 is 15.7 Å². The van der Waals surface area contributed by atoms with Crippen molar-refractivity contribution in [2.45, 2.75) is 4.84 Å². The van der Waals surface area contributed by atoms with Crippen LogP contribution in [0.5, 0.6) is 0 Å². The predicted molar refractivity (Wildman–Crippen MR) is 105 cm³/mol. The topological polar surface area (TPSA) is 101 Å². The van der Waals surface area contributed by atoms with Gasteiger partial charge in [-0.3, -0.25) is 20.0 Å². The van der Waals surface area contributed by atoms with Gasteiger partial charge in [0.15, 0.2) is 4.84 Å². The van der Waals surface area contributed by atoms with Gasteiger partial charge < -0.3 is 5.32 Å². The van der Waals surface area contributed by atoms with E-state index in [0.717, 1.165) is 0 Å². The van der Waals surface area contributed by atoms with Crippen molar-refractivity contribution >= 4 is 52.1 Å². The van der Waals surface area contributed by atoms with Gasteiger partial charge in [-0.25, -0.2) is 0 Å². The molecule has 1 amide bonds. The summed E-state index contributed by atoms with van der Waals surface area (Å²) in [7, 11) is 0. The Labute approximate surface area is 168 Å². The molecule has 1 heterocycles. The minimum absolute atomic E-state index is 0.147. The fraction of sp³-hybridized carbons (Fsp3) is 0.0588. The second-order valence-corrected chi connectivity index (χ2v) is 6.90. The Morgan fingerprint density at radius 1 is 1.19 bits per heavy atom. The summed E-state index contributed by atoms with van der Waals surface area (Å²) in [6.45, 7) is 0. The van der Waals surface area contributed by atoms with E-state index in [1.165, 1.54) is 12.1 Å². The third kappa shape index (κ3) is 4.05. The first-order valence-corrected chi connectivity index (χ1v) is 8.80. The number of anilines is 1. The SMILES string of the molecule is O=C(Nc1ccccc1-c1cc(-c2c(Cl)cccc2[N+](=O)[O-])[nH]n1)C(Cl)Cl. The number of nitrogens with zero attached hydrogens (tertiary/aromatic N) is 2. The summed E-state index contributed by atoms with van der Waals surface area (Å²) in [6.07, 6.45) is 0. The van der Waals surface area contributed by atoms with Crippen LogP contribution in [0.25, 0.3) is 22.5 Å². The molecule has 0 aliphatic carbocycles. The van der Waals surface area contributed by atoms with E-state index in [2.05, 4.69) is 15.5 Å². The van der Waals surface area contributed by atoms with Gasteiger partial charge >= 0.3 is 0 Å². The van der Waals surface area contributed by atoms with E-state index in [4.69, 9.17) is 34.8 Å². The van der Waals surface area contributed by atoms with E-state index in [-0.39, 0.29) is 16.3 Å². The molecular formula is C17H11Cl3N4O3. The lowest BCUT2D eigenvalue weighted by molar-refractivity contribution is -0.384. The summed E-state index contributed by atoms with van der Waals surface area (Å²) in [6, 6.07) is 12.9. The summed E-state index contributed by atoms with van der Waals surface area (Å²) in [5, 5.41) is 21.1. The highest BCUT2D eigenvalue weighted by Crippen LogP contribution is 2.37. The molecular weight excluding hydrogens is 415 g/mol. The first-order valence-electron chi connectivity index (χ1n) is 7.55. The average Bonchev–Trinajstić information content (AvgIpc) is 3.11. The molecule has 0 bridgehead atoms. The number of nitro groups is 1. The number of benzene rings is 2. The molecule has 0 saturated heterocycles. The van der Waals surface area contributed by atoms with Crippen molar-refractivity contribution in [2.24, 2.45) is 0 Å². The molecule has 0 saturated carbocycles. The van der Waals surface area contributed by atoms with Gasteiger partial charge in [0.25, 0.3) is 11.6 Å². The largest absolute Gasteiger partial charge is 0.323 e. The Hall–Kier alpha value is -2.61. The molecule has 2 aromatic carbocycles. The van der Waals surface area contributed by atoms with Crippen molar-refractivity contribution < 1.29 is 9.72 Å². The van der Waals surface area contributed by atoms with E-state index in [1.807, 2.05) is 0 Å². The van der Waals surface area contributed by atoms with E-state index in [9.17, 15) is 14.9 Å². The molecule has 0 aliphatic rings. The third-order valence-electron chi connectivity index (χ3n) is 3.69. The van der Waals surface area contributed by atoms with Crippen LogP contribution in [0.3, 0.4) is 0 Å². The highest BCUT2D eigenvalue weighted by molar-refractivity contribution is 6.54. The second kappa shape index (κ2) is 7.96. The molecule has 2 N–H and O–H groups in total. The fourth-order valence-electron chi connectivity index (χ4n) is 2.52. The molecule has 0 unspecified atom stereocenters. The van der Waals surface area contributed by atoms with Gasteiger partial charge in [0.05, 0.1) is 32.6 Å². The number of para-hydroxylation sites is 1. The standard InChI is InChI=1S/C17H11Cl3N4O3/c18-10-5-3-7-14(24(26)27)15(10)13-8-12(22-23-13)9-4-1-2-6-11(9)21-17(25)16(19)20/h1-8,16H,(H,21,25)(H,22,23). The molecule has 0 aliphatic heterocycles. The number of nitrogens with one attached hydrogen (secondary N) is 2. The normalized spacial score (nSPS) is 10.8. The molecule has 3 rings (SSSR count). The van der Waals surface area contributed by atoms with Gasteiger partial charge in [0.2, 0.25) is 0 Å². The van der Waals surface area contributed by atoms with Crippen LogP contribution in [0.2, 0.25) is 5.02 Å². The highest BCUT2D eigenvalue weighted by Gasteiger charge is 2.21. The van der Waals surface area contributed by atoms with Gasteiger partial charge in [-0.05, 0) is 18.2 Å². The highest BCUT2D eigenvalue weighted by atomic mass is 35.5. The summed E-state index contributed by atoms with van der Waals surface area (Å²) in [5.41, 5.74) is 1.93. The number of H-pyrrole nitrogens is 1. The van der Waals surface area contributed by atoms with Gasteiger partial charge in [-0.15, -0.1) is 0 Å². The maximum atomic E-state index is 11.8. The number of halogens is 3. The van der Waals surface area contributed by atoms with E-state index >= 15 is 0 Å². The lowest BCUT2D eigenvalue weighted by atomic mass is 10.1. The maximum absolute atomic E-state index is 11.8. The maximum Gasteiger partial charge on any atom is 0.280 e. The Morgan fingerprint density at radius 2 is 1.93 bits per heavy atom. The van der Waals surface area contributed by atoms with Gasteiger partial charge in [-0.2, -0.15) is 5.10 Å². The number of hydrogen-bond donors (Lipinski definition) is 2. The first-order chi connectivity index (χ1) is 12.9. The number of alkyl halides is 2. The number of carbonyl (C=O) groups is 1. The number of nitro benzene ring substituents is 1.